The van der Waals surface area contributed by atoms with Crippen molar-refractivity contribution in [1.82, 2.24) is 10.0 Å². The van der Waals surface area contributed by atoms with Gasteiger partial charge in [-0.05, 0) is 47.8 Å². The normalized spacial score (nSPS) is 11.3. The fourth-order valence-corrected chi connectivity index (χ4v) is 2.47. The Morgan fingerprint density at radius 2 is 2.11 bits per heavy atom. The highest BCUT2D eigenvalue weighted by Crippen LogP contribution is 2.13. The maximum absolute atomic E-state index is 12.8. The number of hydrogen-bond acceptors (Lipinski definition) is 3. The Hall–Kier alpha value is -0.740. The van der Waals surface area contributed by atoms with Gasteiger partial charge in [0, 0.05) is 10.1 Å². The minimum Gasteiger partial charge on any atom is -0.351 e. The van der Waals surface area contributed by atoms with Crippen LogP contribution in [0, 0.1) is 9.39 Å². The van der Waals surface area contributed by atoms with Crippen molar-refractivity contribution in [1.29, 1.82) is 0 Å². The van der Waals surface area contributed by atoms with E-state index in [1.54, 1.807) is 0 Å². The standard InChI is InChI=1S/C10H12FIN2O3S/c1-13-18(16,17)5-4-14-10(15)8-3-2-7(11)6-9(8)12/h2-3,6,13H,4-5H2,1H3,(H,14,15). The Balaban J connectivity index is 2.61. The fraction of sp³-hybridized carbons (Fsp3) is 0.300. The van der Waals surface area contributed by atoms with Crippen molar-refractivity contribution >= 4 is 38.5 Å². The Morgan fingerprint density at radius 1 is 1.44 bits per heavy atom. The van der Waals surface area contributed by atoms with Crippen LogP contribution in [0.3, 0.4) is 0 Å². The summed E-state index contributed by atoms with van der Waals surface area (Å²) in [5.41, 5.74) is 0.318. The van der Waals surface area contributed by atoms with Crippen molar-refractivity contribution < 1.29 is 17.6 Å². The molecule has 1 aromatic carbocycles. The zero-order valence-electron chi connectivity index (χ0n) is 9.54. The molecule has 0 spiro atoms. The van der Waals surface area contributed by atoms with E-state index < -0.39 is 21.7 Å². The molecule has 0 heterocycles. The van der Waals surface area contributed by atoms with Gasteiger partial charge < -0.3 is 5.32 Å². The third-order valence-corrected chi connectivity index (χ3v) is 4.40. The molecule has 1 rings (SSSR count). The van der Waals surface area contributed by atoms with E-state index in [0.717, 1.165) is 0 Å². The molecular formula is C10H12FIN2O3S. The zero-order chi connectivity index (χ0) is 13.8. The van der Waals surface area contributed by atoms with Gasteiger partial charge in [-0.25, -0.2) is 17.5 Å². The lowest BCUT2D eigenvalue weighted by atomic mass is 10.2. The molecule has 2 N–H and O–H groups in total. The summed E-state index contributed by atoms with van der Waals surface area (Å²) in [6, 6.07) is 3.78. The summed E-state index contributed by atoms with van der Waals surface area (Å²) in [6.45, 7) is -0.00450. The van der Waals surface area contributed by atoms with Crippen LogP contribution in [0.1, 0.15) is 10.4 Å². The molecule has 5 nitrogen and oxygen atoms in total. The first-order valence-corrected chi connectivity index (χ1v) is 7.73. The van der Waals surface area contributed by atoms with Crippen molar-refractivity contribution in [2.75, 3.05) is 19.3 Å². The number of amides is 1. The highest BCUT2D eigenvalue weighted by molar-refractivity contribution is 14.1. The van der Waals surface area contributed by atoms with E-state index in [9.17, 15) is 17.6 Å². The number of hydrogen-bond donors (Lipinski definition) is 2. The van der Waals surface area contributed by atoms with Gasteiger partial charge in [0.1, 0.15) is 5.82 Å². The highest BCUT2D eigenvalue weighted by Gasteiger charge is 2.12. The molecule has 18 heavy (non-hydrogen) atoms. The van der Waals surface area contributed by atoms with Crippen molar-refractivity contribution in [3.8, 4) is 0 Å². The SMILES string of the molecule is CNS(=O)(=O)CCNC(=O)c1ccc(F)cc1I. The van der Waals surface area contributed by atoms with Crippen LogP contribution in [-0.4, -0.2) is 33.7 Å². The summed E-state index contributed by atoms with van der Waals surface area (Å²) in [4.78, 5) is 11.7. The smallest absolute Gasteiger partial charge is 0.252 e. The summed E-state index contributed by atoms with van der Waals surface area (Å²) in [7, 11) is -2.04. The quantitative estimate of drug-likeness (QED) is 0.733. The molecule has 0 saturated carbocycles. The van der Waals surface area contributed by atoms with E-state index in [1.807, 2.05) is 22.6 Å². The average Bonchev–Trinajstić information content (AvgIpc) is 2.28. The number of rotatable bonds is 5. The first-order valence-electron chi connectivity index (χ1n) is 5.00. The van der Waals surface area contributed by atoms with Gasteiger partial charge in [-0.3, -0.25) is 4.79 Å². The Labute approximate surface area is 118 Å². The molecule has 0 aliphatic carbocycles. The maximum atomic E-state index is 12.8. The molecule has 8 heteroatoms. The number of carbonyl (C=O) groups is 1. The molecule has 0 radical (unpaired) electrons. The van der Waals surface area contributed by atoms with E-state index in [2.05, 4.69) is 10.0 Å². The first kappa shape index (κ1) is 15.3. The Bertz CT molecular complexity index is 548. The minimum absolute atomic E-state index is 0.00450. The summed E-state index contributed by atoms with van der Waals surface area (Å²) >= 11 is 1.85. The van der Waals surface area contributed by atoms with E-state index in [-0.39, 0.29) is 12.3 Å². The molecule has 0 fully saturated rings. The van der Waals surface area contributed by atoms with Crippen LogP contribution >= 0.6 is 22.6 Å². The number of nitrogens with one attached hydrogen (secondary N) is 2. The minimum atomic E-state index is -3.34. The maximum Gasteiger partial charge on any atom is 0.252 e. The first-order chi connectivity index (χ1) is 8.35. The lowest BCUT2D eigenvalue weighted by Gasteiger charge is -2.07. The summed E-state index contributed by atoms with van der Waals surface area (Å²) < 4.78 is 37.7. The van der Waals surface area contributed by atoms with Crippen molar-refractivity contribution in [3.63, 3.8) is 0 Å². The summed E-state index contributed by atoms with van der Waals surface area (Å²) in [5.74, 6) is -1.05. The number of benzene rings is 1. The molecule has 0 aliphatic rings. The van der Waals surface area contributed by atoms with Crippen LogP contribution < -0.4 is 10.0 Å². The Morgan fingerprint density at radius 3 is 2.67 bits per heavy atom. The molecule has 1 amide bonds. The lowest BCUT2D eigenvalue weighted by Crippen LogP contribution is -2.33. The van der Waals surface area contributed by atoms with Gasteiger partial charge in [0.05, 0.1) is 11.3 Å². The van der Waals surface area contributed by atoms with Crippen LogP contribution in [0.25, 0.3) is 0 Å². The van der Waals surface area contributed by atoms with Gasteiger partial charge in [0.2, 0.25) is 10.0 Å². The highest BCUT2D eigenvalue weighted by atomic mass is 127. The topological polar surface area (TPSA) is 75.3 Å². The molecule has 0 atom stereocenters. The molecule has 1 aromatic rings. The largest absolute Gasteiger partial charge is 0.351 e. The average molecular weight is 386 g/mol. The van der Waals surface area contributed by atoms with Gasteiger partial charge >= 0.3 is 0 Å². The molecule has 0 bridgehead atoms. The monoisotopic (exact) mass is 386 g/mol. The summed E-state index contributed by atoms with van der Waals surface area (Å²) in [6.07, 6.45) is 0. The second kappa shape index (κ2) is 6.43. The molecule has 0 aliphatic heterocycles. The van der Waals surface area contributed by atoms with Crippen LogP contribution in [0.5, 0.6) is 0 Å². The van der Waals surface area contributed by atoms with Gasteiger partial charge in [-0.2, -0.15) is 0 Å². The molecule has 0 unspecified atom stereocenters. The second-order valence-electron chi connectivity index (χ2n) is 3.40. The molecule has 0 saturated heterocycles. The van der Waals surface area contributed by atoms with Crippen molar-refractivity contribution in [2.45, 2.75) is 0 Å². The number of carbonyl (C=O) groups excluding carboxylic acids is 1. The number of sulfonamides is 1. The van der Waals surface area contributed by atoms with Crippen LogP contribution in [0.15, 0.2) is 18.2 Å². The van der Waals surface area contributed by atoms with Gasteiger partial charge in [0.15, 0.2) is 0 Å². The Kier molecular flexibility index (Phi) is 5.47. The van der Waals surface area contributed by atoms with Crippen LogP contribution in [0.4, 0.5) is 4.39 Å². The summed E-state index contributed by atoms with van der Waals surface area (Å²) in [5, 5.41) is 2.46. The van der Waals surface area contributed by atoms with E-state index in [4.69, 9.17) is 0 Å². The predicted molar refractivity (Wildman–Crippen MR) is 74.3 cm³/mol. The van der Waals surface area contributed by atoms with Crippen molar-refractivity contribution in [2.24, 2.45) is 0 Å². The third-order valence-electron chi connectivity index (χ3n) is 2.14. The lowest BCUT2D eigenvalue weighted by molar-refractivity contribution is 0.0955. The fourth-order valence-electron chi connectivity index (χ4n) is 1.17. The van der Waals surface area contributed by atoms with Gasteiger partial charge in [-0.1, -0.05) is 0 Å². The van der Waals surface area contributed by atoms with Gasteiger partial charge in [0.25, 0.3) is 5.91 Å². The van der Waals surface area contributed by atoms with Gasteiger partial charge in [-0.15, -0.1) is 0 Å². The second-order valence-corrected chi connectivity index (χ2v) is 6.61. The van der Waals surface area contributed by atoms with E-state index in [1.165, 1.54) is 25.2 Å². The molecule has 0 aromatic heterocycles. The van der Waals surface area contributed by atoms with Crippen LogP contribution in [-0.2, 0) is 10.0 Å². The van der Waals surface area contributed by atoms with E-state index >= 15 is 0 Å². The third kappa shape index (κ3) is 4.50. The molecule has 100 valence electrons. The van der Waals surface area contributed by atoms with E-state index in [0.29, 0.717) is 9.13 Å². The number of halogens is 2. The molecular weight excluding hydrogens is 374 g/mol. The predicted octanol–water partition coefficient (Wildman–Crippen LogP) is 0.709. The van der Waals surface area contributed by atoms with Crippen molar-refractivity contribution in [3.05, 3.63) is 33.1 Å². The zero-order valence-corrected chi connectivity index (χ0v) is 12.5. The van der Waals surface area contributed by atoms with Crippen LogP contribution in [0.2, 0.25) is 0 Å².